The summed E-state index contributed by atoms with van der Waals surface area (Å²) in [7, 11) is 0. The van der Waals surface area contributed by atoms with Gasteiger partial charge in [0.25, 0.3) is 0 Å². The molecule has 0 amide bonds. The Morgan fingerprint density at radius 1 is 1.22 bits per heavy atom. The average molecular weight is 122 g/mol. The smallest absolute Gasteiger partial charge is 0.139 e. The number of carbonyl (C=O) groups is 1. The zero-order valence-electron chi connectivity index (χ0n) is 5.34. The second-order valence-electron chi connectivity index (χ2n) is 3.84. The Morgan fingerprint density at radius 3 is 2.44 bits per heavy atom. The minimum absolute atomic E-state index is 0.527. The molecule has 0 N–H and O–H groups in total. The third-order valence-corrected chi connectivity index (χ3v) is 3.59. The predicted octanol–water partition coefficient (Wildman–Crippen LogP) is 1.23. The van der Waals surface area contributed by atoms with Gasteiger partial charge in [-0.1, -0.05) is 0 Å². The van der Waals surface area contributed by atoms with E-state index >= 15 is 0 Å². The van der Waals surface area contributed by atoms with Gasteiger partial charge in [-0.25, -0.2) is 0 Å². The zero-order valence-corrected chi connectivity index (χ0v) is 5.34. The van der Waals surface area contributed by atoms with Crippen LogP contribution in [0.3, 0.4) is 0 Å². The molecule has 0 aliphatic heterocycles. The van der Waals surface area contributed by atoms with Crippen LogP contribution in [0.1, 0.15) is 19.3 Å². The van der Waals surface area contributed by atoms with E-state index in [1.54, 1.807) is 0 Å². The molecule has 0 saturated heterocycles. The summed E-state index contributed by atoms with van der Waals surface area (Å²) in [6.07, 6.45) is 3.76. The van der Waals surface area contributed by atoms with Crippen LogP contribution >= 0.6 is 0 Å². The highest BCUT2D eigenvalue weighted by Gasteiger charge is 2.59. The van der Waals surface area contributed by atoms with Gasteiger partial charge in [0.15, 0.2) is 0 Å². The second-order valence-corrected chi connectivity index (χ2v) is 3.84. The van der Waals surface area contributed by atoms with Crippen LogP contribution in [0.15, 0.2) is 0 Å². The van der Waals surface area contributed by atoms with Gasteiger partial charge in [-0.3, -0.25) is 4.79 Å². The van der Waals surface area contributed by atoms with Crippen molar-refractivity contribution in [1.29, 1.82) is 0 Å². The lowest BCUT2D eigenvalue weighted by Crippen LogP contribution is -2.39. The summed E-state index contributed by atoms with van der Waals surface area (Å²) in [5.41, 5.74) is 0. The van der Waals surface area contributed by atoms with E-state index in [0.29, 0.717) is 17.6 Å². The van der Waals surface area contributed by atoms with Gasteiger partial charge < -0.3 is 0 Å². The molecule has 0 heterocycles. The number of rotatable bonds is 0. The maximum Gasteiger partial charge on any atom is 0.139 e. The molecule has 1 nitrogen and oxygen atoms in total. The molecule has 0 radical (unpaired) electrons. The van der Waals surface area contributed by atoms with Gasteiger partial charge in [0, 0.05) is 11.8 Å². The number of Topliss-reactive ketones (excluding diaryl/α,β-unsaturated/α-hetero) is 1. The third kappa shape index (κ3) is 0.322. The summed E-state index contributed by atoms with van der Waals surface area (Å²) < 4.78 is 0. The van der Waals surface area contributed by atoms with E-state index in [4.69, 9.17) is 0 Å². The Bertz CT molecular complexity index is 179. The molecule has 3 aliphatic carbocycles. The van der Waals surface area contributed by atoms with Crippen molar-refractivity contribution in [2.75, 3.05) is 0 Å². The maximum absolute atomic E-state index is 11.2. The number of fused-ring (bicyclic) bond motifs is 1. The number of hydrogen-bond acceptors (Lipinski definition) is 1. The van der Waals surface area contributed by atoms with Crippen LogP contribution in [0.5, 0.6) is 0 Å². The molecule has 0 unspecified atom stereocenters. The Morgan fingerprint density at radius 2 is 2.11 bits per heavy atom. The molecule has 3 aliphatic rings. The predicted molar refractivity (Wildman–Crippen MR) is 32.8 cm³/mol. The summed E-state index contributed by atoms with van der Waals surface area (Å²) in [6, 6.07) is 0. The van der Waals surface area contributed by atoms with Gasteiger partial charge in [0.05, 0.1) is 0 Å². The van der Waals surface area contributed by atoms with E-state index in [1.165, 1.54) is 19.3 Å². The lowest BCUT2D eigenvalue weighted by atomic mass is 9.63. The Balaban J connectivity index is 2.09. The normalized spacial score (nSPS) is 60.2. The van der Waals surface area contributed by atoms with Gasteiger partial charge in [0.2, 0.25) is 0 Å². The highest BCUT2D eigenvalue weighted by atomic mass is 16.1. The van der Waals surface area contributed by atoms with Crippen LogP contribution in [0.2, 0.25) is 0 Å². The highest BCUT2D eigenvalue weighted by molar-refractivity contribution is 5.88. The van der Waals surface area contributed by atoms with E-state index in [1.807, 2.05) is 0 Å². The summed E-state index contributed by atoms with van der Waals surface area (Å²) in [4.78, 5) is 11.2. The molecule has 0 spiro atoms. The first-order valence-electron chi connectivity index (χ1n) is 3.90. The van der Waals surface area contributed by atoms with Crippen LogP contribution < -0.4 is 0 Å². The van der Waals surface area contributed by atoms with E-state index < -0.39 is 0 Å². The molecule has 3 saturated carbocycles. The van der Waals surface area contributed by atoms with E-state index in [2.05, 4.69) is 0 Å². The maximum atomic E-state index is 11.2. The Labute approximate surface area is 54.4 Å². The van der Waals surface area contributed by atoms with Gasteiger partial charge in [-0.05, 0) is 31.1 Å². The standard InChI is InChI=1S/C8H10O/c9-8-5-1-4-2-7(8)6(4)3-5/h4-7H,1-3H2/t4-,5-,6-,7-/m1/s1. The van der Waals surface area contributed by atoms with Crippen LogP contribution in [-0.2, 0) is 4.79 Å². The molecule has 3 fully saturated rings. The topological polar surface area (TPSA) is 17.1 Å². The van der Waals surface area contributed by atoms with Gasteiger partial charge in [0.1, 0.15) is 5.78 Å². The van der Waals surface area contributed by atoms with Crippen molar-refractivity contribution >= 4 is 5.78 Å². The Hall–Kier alpha value is -0.330. The Kier molecular flexibility index (Phi) is 0.544. The molecule has 0 aromatic rings. The molecule has 9 heavy (non-hydrogen) atoms. The van der Waals surface area contributed by atoms with Gasteiger partial charge >= 0.3 is 0 Å². The molecule has 1 heteroatoms. The number of ketones is 1. The minimum atomic E-state index is 0.527. The molecule has 4 atom stereocenters. The molecule has 0 aromatic heterocycles. The summed E-state index contributed by atoms with van der Waals surface area (Å²) in [5.74, 6) is 3.54. The van der Waals surface area contributed by atoms with Gasteiger partial charge in [-0.15, -0.1) is 0 Å². The molecule has 48 valence electrons. The van der Waals surface area contributed by atoms with E-state index in [-0.39, 0.29) is 0 Å². The van der Waals surface area contributed by atoms with Crippen molar-refractivity contribution < 1.29 is 4.79 Å². The number of carbonyl (C=O) groups excluding carboxylic acids is 1. The number of hydrogen-bond donors (Lipinski definition) is 0. The first-order chi connectivity index (χ1) is 4.36. The van der Waals surface area contributed by atoms with Crippen LogP contribution in [0, 0.1) is 23.7 Å². The monoisotopic (exact) mass is 122 g/mol. The summed E-state index contributed by atoms with van der Waals surface area (Å²) in [6.45, 7) is 0. The molecular weight excluding hydrogens is 112 g/mol. The van der Waals surface area contributed by atoms with Crippen LogP contribution in [0.4, 0.5) is 0 Å². The summed E-state index contributed by atoms with van der Waals surface area (Å²) in [5, 5.41) is 0. The fourth-order valence-electron chi connectivity index (χ4n) is 3.09. The quantitative estimate of drug-likeness (QED) is 0.472. The van der Waals surface area contributed by atoms with E-state index in [0.717, 1.165) is 11.8 Å². The van der Waals surface area contributed by atoms with Crippen molar-refractivity contribution in [3.63, 3.8) is 0 Å². The van der Waals surface area contributed by atoms with Crippen molar-refractivity contribution in [3.8, 4) is 0 Å². The van der Waals surface area contributed by atoms with Gasteiger partial charge in [-0.2, -0.15) is 0 Å². The van der Waals surface area contributed by atoms with Crippen molar-refractivity contribution in [2.24, 2.45) is 23.7 Å². The fourth-order valence-corrected chi connectivity index (χ4v) is 3.09. The zero-order chi connectivity index (χ0) is 6.01. The molecular formula is C8H10O. The SMILES string of the molecule is O=C1[C@@H]2C[C@@H]3C[C@@H]1[C@@H]3C2. The molecule has 2 bridgehead atoms. The fraction of sp³-hybridized carbons (Fsp3) is 0.875. The average Bonchev–Trinajstić information content (AvgIpc) is 2.20. The first kappa shape index (κ1) is 4.48. The largest absolute Gasteiger partial charge is 0.299 e. The minimum Gasteiger partial charge on any atom is -0.299 e. The lowest BCUT2D eigenvalue weighted by Gasteiger charge is -2.40. The second kappa shape index (κ2) is 1.09. The van der Waals surface area contributed by atoms with Crippen LogP contribution in [0.25, 0.3) is 0 Å². The van der Waals surface area contributed by atoms with Crippen LogP contribution in [-0.4, -0.2) is 5.78 Å². The third-order valence-electron chi connectivity index (χ3n) is 3.59. The molecule has 3 rings (SSSR count). The van der Waals surface area contributed by atoms with Crippen molar-refractivity contribution in [1.82, 2.24) is 0 Å². The van der Waals surface area contributed by atoms with Crippen molar-refractivity contribution in [3.05, 3.63) is 0 Å². The van der Waals surface area contributed by atoms with E-state index in [9.17, 15) is 4.79 Å². The van der Waals surface area contributed by atoms with Crippen molar-refractivity contribution in [2.45, 2.75) is 19.3 Å². The lowest BCUT2D eigenvalue weighted by molar-refractivity contribution is -0.132. The summed E-state index contributed by atoms with van der Waals surface area (Å²) >= 11 is 0. The molecule has 0 aromatic carbocycles. The first-order valence-corrected chi connectivity index (χ1v) is 3.90. The highest BCUT2D eigenvalue weighted by Crippen LogP contribution is 2.61.